The predicted octanol–water partition coefficient (Wildman–Crippen LogP) is 1.89. The fraction of sp³-hybridized carbons (Fsp3) is 0.222. The van der Waals surface area contributed by atoms with Gasteiger partial charge in [-0.25, -0.2) is 22.9 Å². The van der Waals surface area contributed by atoms with Crippen molar-refractivity contribution in [2.24, 2.45) is 16.5 Å². The first-order valence-electron chi connectivity index (χ1n) is 8.02. The lowest BCUT2D eigenvalue weighted by Crippen LogP contribution is -2.40. The first-order valence-corrected chi connectivity index (χ1v) is 9.50. The molecule has 5 N–H and O–H groups in total. The van der Waals surface area contributed by atoms with Crippen LogP contribution in [0.1, 0.15) is 31.1 Å². The molecule has 0 aliphatic heterocycles. The van der Waals surface area contributed by atoms with Gasteiger partial charge in [-0.1, -0.05) is 0 Å². The van der Waals surface area contributed by atoms with Gasteiger partial charge in [-0.3, -0.25) is 0 Å². The molecule has 0 amide bonds. The highest BCUT2D eigenvalue weighted by atomic mass is 32.2. The van der Waals surface area contributed by atoms with Crippen molar-refractivity contribution < 1.29 is 17.9 Å². The molecule has 2 rings (SSSR count). The molecule has 144 valence electrons. The zero-order valence-electron chi connectivity index (χ0n) is 15.3. The van der Waals surface area contributed by atoms with Gasteiger partial charge in [0.1, 0.15) is 5.75 Å². The van der Waals surface area contributed by atoms with Crippen LogP contribution in [-0.2, 0) is 10.0 Å². The largest absolute Gasteiger partial charge is 0.423 e. The molecular weight excluding hydrogens is 368 g/mol. The fourth-order valence-corrected chi connectivity index (χ4v) is 3.55. The Hall–Kier alpha value is -2.91. The molecule has 0 fully saturated rings. The monoisotopic (exact) mass is 390 g/mol. The van der Waals surface area contributed by atoms with Crippen molar-refractivity contribution in [1.29, 1.82) is 0 Å². The summed E-state index contributed by atoms with van der Waals surface area (Å²) in [5.41, 5.74) is 10.8. The van der Waals surface area contributed by atoms with E-state index >= 15 is 0 Å². The maximum Gasteiger partial charge on any atom is 0.343 e. The third-order valence-electron chi connectivity index (χ3n) is 3.15. The maximum atomic E-state index is 12.3. The normalized spacial score (nSPS) is 11.7. The smallest absolute Gasteiger partial charge is 0.343 e. The summed E-state index contributed by atoms with van der Waals surface area (Å²) in [6.07, 6.45) is 0. The zero-order valence-corrected chi connectivity index (χ0v) is 16.1. The Morgan fingerprint density at radius 2 is 1.56 bits per heavy atom. The Labute approximate surface area is 158 Å². The summed E-state index contributed by atoms with van der Waals surface area (Å²) in [6, 6.07) is 11.8. The van der Waals surface area contributed by atoms with Gasteiger partial charge in [0.15, 0.2) is 5.96 Å². The van der Waals surface area contributed by atoms with Crippen LogP contribution in [0, 0.1) is 0 Å². The minimum atomic E-state index is -3.65. The van der Waals surface area contributed by atoms with Gasteiger partial charge in [0.25, 0.3) is 0 Å². The lowest BCUT2D eigenvalue weighted by Gasteiger charge is -2.20. The second kappa shape index (κ2) is 7.77. The number of hydrogen-bond donors (Lipinski definition) is 3. The number of ether oxygens (including phenoxy) is 1. The molecule has 0 aliphatic carbocycles. The molecule has 0 unspecified atom stereocenters. The first kappa shape index (κ1) is 20.4. The number of guanidine groups is 1. The number of nitrogens with two attached hydrogens (primary N) is 2. The van der Waals surface area contributed by atoms with E-state index in [1.54, 1.807) is 32.9 Å². The van der Waals surface area contributed by atoms with Crippen molar-refractivity contribution in [3.8, 4) is 5.75 Å². The number of hydrogen-bond acceptors (Lipinski definition) is 5. The summed E-state index contributed by atoms with van der Waals surface area (Å²) in [7, 11) is -3.65. The molecule has 2 aromatic carbocycles. The Morgan fingerprint density at radius 1 is 1.00 bits per heavy atom. The molecule has 0 radical (unpaired) electrons. The molecule has 0 heterocycles. The van der Waals surface area contributed by atoms with E-state index in [1.165, 1.54) is 36.4 Å². The summed E-state index contributed by atoms with van der Waals surface area (Å²) in [4.78, 5) is 16.1. The molecule has 0 saturated carbocycles. The van der Waals surface area contributed by atoms with Crippen LogP contribution in [0.3, 0.4) is 0 Å². The molecule has 0 aromatic heterocycles. The van der Waals surface area contributed by atoms with Crippen LogP contribution < -0.4 is 20.9 Å². The summed E-state index contributed by atoms with van der Waals surface area (Å²) in [6.45, 7) is 5.25. The van der Waals surface area contributed by atoms with Crippen molar-refractivity contribution in [3.05, 3.63) is 54.1 Å². The number of esters is 1. The van der Waals surface area contributed by atoms with E-state index in [0.29, 0.717) is 11.3 Å². The highest BCUT2D eigenvalue weighted by Crippen LogP contribution is 2.19. The molecule has 0 saturated heterocycles. The Balaban J connectivity index is 2.10. The number of carbonyl (C=O) groups excluding carboxylic acids is 1. The van der Waals surface area contributed by atoms with Gasteiger partial charge in [-0.2, -0.15) is 0 Å². The zero-order chi connectivity index (χ0) is 20.2. The molecule has 8 nitrogen and oxygen atoms in total. The van der Waals surface area contributed by atoms with E-state index in [2.05, 4.69) is 9.71 Å². The number of sulfonamides is 1. The first-order chi connectivity index (χ1) is 12.5. The van der Waals surface area contributed by atoms with Crippen LogP contribution >= 0.6 is 0 Å². The van der Waals surface area contributed by atoms with Crippen LogP contribution in [0.2, 0.25) is 0 Å². The van der Waals surface area contributed by atoms with Gasteiger partial charge in [0.2, 0.25) is 10.0 Å². The van der Waals surface area contributed by atoms with E-state index in [1.807, 2.05) is 0 Å². The molecule has 0 bridgehead atoms. The lowest BCUT2D eigenvalue weighted by molar-refractivity contribution is 0.0734. The lowest BCUT2D eigenvalue weighted by atomic mass is 10.1. The number of nitrogens with zero attached hydrogens (tertiary/aromatic N) is 1. The van der Waals surface area contributed by atoms with Crippen molar-refractivity contribution in [2.45, 2.75) is 31.2 Å². The Bertz CT molecular complexity index is 940. The van der Waals surface area contributed by atoms with Crippen LogP contribution in [0.4, 0.5) is 5.69 Å². The van der Waals surface area contributed by atoms with E-state index in [4.69, 9.17) is 16.2 Å². The number of carbonyl (C=O) groups is 1. The minimum absolute atomic E-state index is 0.0821. The second-order valence-corrected chi connectivity index (χ2v) is 8.48. The maximum absolute atomic E-state index is 12.3. The number of rotatable bonds is 5. The van der Waals surface area contributed by atoms with Crippen LogP contribution in [0.15, 0.2) is 58.4 Å². The average Bonchev–Trinajstić information content (AvgIpc) is 2.53. The third kappa shape index (κ3) is 6.08. The van der Waals surface area contributed by atoms with Crippen molar-refractivity contribution in [1.82, 2.24) is 4.72 Å². The average molecular weight is 390 g/mol. The number of benzene rings is 2. The quantitative estimate of drug-likeness (QED) is 0.309. The molecule has 9 heteroatoms. The molecule has 0 aliphatic rings. The van der Waals surface area contributed by atoms with Crippen molar-refractivity contribution >= 4 is 27.6 Å². The molecule has 2 aromatic rings. The highest BCUT2D eigenvalue weighted by molar-refractivity contribution is 7.89. The van der Waals surface area contributed by atoms with Gasteiger partial charge in [0, 0.05) is 5.54 Å². The van der Waals surface area contributed by atoms with Crippen LogP contribution in [0.5, 0.6) is 5.75 Å². The summed E-state index contributed by atoms with van der Waals surface area (Å²) in [5, 5.41) is 0. The SMILES string of the molecule is CC(C)(C)NS(=O)(=O)c1ccc(OC(=O)c2ccc(N=C(N)N)cc2)cc1. The van der Waals surface area contributed by atoms with Gasteiger partial charge >= 0.3 is 5.97 Å². The van der Waals surface area contributed by atoms with E-state index < -0.39 is 21.5 Å². The highest BCUT2D eigenvalue weighted by Gasteiger charge is 2.22. The van der Waals surface area contributed by atoms with Crippen molar-refractivity contribution in [3.63, 3.8) is 0 Å². The summed E-state index contributed by atoms with van der Waals surface area (Å²) < 4.78 is 32.3. The molecule has 27 heavy (non-hydrogen) atoms. The summed E-state index contributed by atoms with van der Waals surface area (Å²) >= 11 is 0. The van der Waals surface area contributed by atoms with Gasteiger partial charge in [-0.05, 0) is 69.3 Å². The van der Waals surface area contributed by atoms with Crippen LogP contribution in [-0.4, -0.2) is 25.9 Å². The molecule has 0 atom stereocenters. The third-order valence-corrected chi connectivity index (χ3v) is 4.92. The Kier molecular flexibility index (Phi) is 5.87. The molecule has 0 spiro atoms. The van der Waals surface area contributed by atoms with Crippen molar-refractivity contribution in [2.75, 3.05) is 0 Å². The molecular formula is C18H22N4O4S. The van der Waals surface area contributed by atoms with E-state index in [0.717, 1.165) is 0 Å². The number of nitrogens with one attached hydrogen (secondary N) is 1. The Morgan fingerprint density at radius 3 is 2.04 bits per heavy atom. The van der Waals surface area contributed by atoms with Gasteiger partial charge in [0.05, 0.1) is 16.1 Å². The van der Waals surface area contributed by atoms with Gasteiger partial charge in [-0.15, -0.1) is 0 Å². The predicted molar refractivity (Wildman–Crippen MR) is 103 cm³/mol. The van der Waals surface area contributed by atoms with E-state index in [-0.39, 0.29) is 16.6 Å². The van der Waals surface area contributed by atoms with Crippen LogP contribution in [0.25, 0.3) is 0 Å². The summed E-state index contributed by atoms with van der Waals surface area (Å²) in [5.74, 6) is -0.445. The standard InChI is InChI=1S/C18H22N4O4S/c1-18(2,3)22-27(24,25)15-10-8-14(9-11-15)26-16(23)12-4-6-13(7-5-12)21-17(19)20/h4-11,22H,1-3H3,(H4,19,20,21). The second-order valence-electron chi connectivity index (χ2n) is 6.80. The van der Waals surface area contributed by atoms with Gasteiger partial charge < -0.3 is 16.2 Å². The fourth-order valence-electron chi connectivity index (χ4n) is 2.14. The number of aliphatic imine (C=N–C) groups is 1. The van der Waals surface area contributed by atoms with E-state index in [9.17, 15) is 13.2 Å². The topological polar surface area (TPSA) is 137 Å². The minimum Gasteiger partial charge on any atom is -0.423 e.